The third kappa shape index (κ3) is 5.57. The molecule has 56 heavy (non-hydrogen) atoms. The second kappa shape index (κ2) is 13.1. The predicted molar refractivity (Wildman–Crippen MR) is 211 cm³/mol. The highest BCUT2D eigenvalue weighted by Gasteiger charge is 2.70. The number of allylic oxidation sites excluding steroid dienone is 2. The quantitative estimate of drug-likeness (QED) is 0.251. The maximum absolute atomic E-state index is 14.1. The summed E-state index contributed by atoms with van der Waals surface area (Å²) in [4.78, 5) is 53.4. The van der Waals surface area contributed by atoms with E-state index in [1.807, 2.05) is 32.0 Å². The Morgan fingerprint density at radius 2 is 1.59 bits per heavy atom. The van der Waals surface area contributed by atoms with Crippen molar-refractivity contribution in [1.82, 2.24) is 5.32 Å². The van der Waals surface area contributed by atoms with E-state index >= 15 is 0 Å². The number of aliphatic carboxylic acids is 1. The molecule has 1 aromatic carbocycles. The van der Waals surface area contributed by atoms with Gasteiger partial charge in [0.05, 0.1) is 11.8 Å². The lowest BCUT2D eigenvalue weighted by atomic mass is 9.33. The molecule has 5 fully saturated rings. The second-order valence-electron chi connectivity index (χ2n) is 21.4. The van der Waals surface area contributed by atoms with Gasteiger partial charge in [0.25, 0.3) is 0 Å². The normalized spacial score (nSPS) is 40.1. The number of carbonyl (C=O) groups is 4. The summed E-state index contributed by atoms with van der Waals surface area (Å²) < 4.78 is 17.4. The zero-order valence-corrected chi connectivity index (χ0v) is 35.3. The van der Waals surface area contributed by atoms with Crippen molar-refractivity contribution in [2.24, 2.45) is 68.0 Å². The molecule has 8 rings (SSSR count). The molecule has 0 aromatic heterocycles. The summed E-state index contributed by atoms with van der Waals surface area (Å²) in [5, 5.41) is 12.9. The summed E-state index contributed by atoms with van der Waals surface area (Å²) in [6.45, 7) is 21.0. The molecule has 1 aromatic rings. The van der Waals surface area contributed by atoms with E-state index in [0.29, 0.717) is 43.4 Å². The molecule has 0 unspecified atom stereocenters. The lowest BCUT2D eigenvalue weighted by molar-refractivity contribution is -0.236. The zero-order chi connectivity index (χ0) is 40.4. The van der Waals surface area contributed by atoms with Crippen LogP contribution >= 0.6 is 0 Å². The number of ketones is 1. The van der Waals surface area contributed by atoms with Crippen LogP contribution in [0.1, 0.15) is 139 Å². The average molecular weight is 772 g/mol. The highest BCUT2D eigenvalue weighted by atomic mass is 16.7. The van der Waals surface area contributed by atoms with E-state index in [0.717, 1.165) is 68.3 Å². The van der Waals surface area contributed by atoms with Gasteiger partial charge in [0, 0.05) is 30.2 Å². The van der Waals surface area contributed by atoms with Crippen molar-refractivity contribution < 1.29 is 38.5 Å². The number of amides is 1. The predicted octanol–water partition coefficient (Wildman–Crippen LogP) is 9.06. The van der Waals surface area contributed by atoms with E-state index in [1.165, 1.54) is 5.57 Å². The van der Waals surface area contributed by atoms with Gasteiger partial charge in [0.1, 0.15) is 6.10 Å². The molecule has 0 bridgehead atoms. The Morgan fingerprint density at radius 3 is 2.29 bits per heavy atom. The smallest absolute Gasteiger partial charge is 0.309 e. The van der Waals surface area contributed by atoms with Crippen LogP contribution in [0.5, 0.6) is 11.5 Å². The number of nitrogens with one attached hydrogen (secondary N) is 1. The fourth-order valence-electron chi connectivity index (χ4n) is 14.7. The van der Waals surface area contributed by atoms with Crippen molar-refractivity contribution in [3.63, 3.8) is 0 Å². The first-order valence-corrected chi connectivity index (χ1v) is 21.6. The topological polar surface area (TPSA) is 128 Å². The number of esters is 1. The molecular weight excluding hydrogens is 707 g/mol. The van der Waals surface area contributed by atoms with E-state index in [-0.39, 0.29) is 70.0 Å². The van der Waals surface area contributed by atoms with Gasteiger partial charge < -0.3 is 24.6 Å². The maximum Gasteiger partial charge on any atom is 0.309 e. The van der Waals surface area contributed by atoms with Crippen LogP contribution in [-0.4, -0.2) is 41.6 Å². The number of hydrogen-bond donors (Lipinski definition) is 2. The monoisotopic (exact) mass is 771 g/mol. The third-order valence-corrected chi connectivity index (χ3v) is 18.0. The van der Waals surface area contributed by atoms with Crippen molar-refractivity contribution in [3.8, 4) is 11.5 Å². The average Bonchev–Trinajstić information content (AvgIpc) is 3.69. The minimum absolute atomic E-state index is 0.00300. The first kappa shape index (κ1) is 39.5. The van der Waals surface area contributed by atoms with Crippen LogP contribution in [0.15, 0.2) is 29.3 Å². The molecule has 2 N–H and O–H groups in total. The van der Waals surface area contributed by atoms with Gasteiger partial charge >= 0.3 is 11.9 Å². The van der Waals surface area contributed by atoms with Crippen LogP contribution in [0.25, 0.3) is 0 Å². The van der Waals surface area contributed by atoms with E-state index in [1.54, 1.807) is 0 Å². The SMILES string of the molecule is CC(C)C1=C2[C@H]3CC[C@@H]4[C@@]5(C)CC[C@H](OC(=O)[C@H]6C[C@@H](C(=O)O)C6(C)C)C(C)(C)[C@@H]5CC[C@@]4(C)[C@]3(C)CC[C@@]2(CC(=O)NCc2ccc3c(c2)OCO3)CC1=O. The molecule has 306 valence electrons. The molecular formula is C47H65NO8. The van der Waals surface area contributed by atoms with Crippen molar-refractivity contribution in [2.45, 2.75) is 146 Å². The molecule has 0 radical (unpaired) electrons. The first-order chi connectivity index (χ1) is 26.2. The van der Waals surface area contributed by atoms with E-state index in [4.69, 9.17) is 14.2 Å². The standard InChI is InChI=1S/C47H65NO8/c1-26(2)38-31(49)22-47(23-37(50)48-24-27-10-12-32-33(20-27)55-25-54-32)19-18-45(8)28(39(38)47)11-13-35-44(7)16-15-36(43(5,6)34(44)14-17-46(35,45)9)56-41(53)30-21-29(40(51)52)42(30,3)4/h10,12,20,26,28-30,34-36H,11,13-19,21-25H2,1-9H3,(H,48,50)(H,51,52)/t28-,29+,30-,34+,35-,36+,44+,45-,46-,47+/m1/s1. The largest absolute Gasteiger partial charge is 0.481 e. The minimum atomic E-state index is -0.833. The first-order valence-electron chi connectivity index (χ1n) is 21.6. The number of hydrogen-bond acceptors (Lipinski definition) is 7. The maximum atomic E-state index is 14.1. The Balaban J connectivity index is 1.02. The van der Waals surface area contributed by atoms with Crippen molar-refractivity contribution >= 4 is 23.6 Å². The molecule has 9 heteroatoms. The number of carboxylic acid groups (broad SMARTS) is 1. The van der Waals surface area contributed by atoms with Gasteiger partial charge in [-0.05, 0) is 126 Å². The molecule has 1 aliphatic heterocycles. The second-order valence-corrected chi connectivity index (χ2v) is 21.4. The fourth-order valence-corrected chi connectivity index (χ4v) is 14.7. The van der Waals surface area contributed by atoms with Crippen LogP contribution in [0.3, 0.4) is 0 Å². The molecule has 9 nitrogen and oxygen atoms in total. The van der Waals surface area contributed by atoms with Crippen molar-refractivity contribution in [3.05, 3.63) is 34.9 Å². The Labute approximate surface area is 333 Å². The van der Waals surface area contributed by atoms with Gasteiger partial charge in [0.2, 0.25) is 12.7 Å². The highest BCUT2D eigenvalue weighted by molar-refractivity contribution is 6.01. The van der Waals surface area contributed by atoms with Crippen LogP contribution in [-0.2, 0) is 30.5 Å². The number of benzene rings is 1. The summed E-state index contributed by atoms with van der Waals surface area (Å²) in [5.74, 6) is 0.944. The summed E-state index contributed by atoms with van der Waals surface area (Å²) in [7, 11) is 0. The van der Waals surface area contributed by atoms with Crippen LogP contribution in [0.2, 0.25) is 0 Å². The van der Waals surface area contributed by atoms with E-state index in [9.17, 15) is 24.3 Å². The van der Waals surface area contributed by atoms with Gasteiger partial charge in [0.15, 0.2) is 17.3 Å². The van der Waals surface area contributed by atoms with Crippen molar-refractivity contribution in [2.75, 3.05) is 6.79 Å². The lowest BCUT2D eigenvalue weighted by Crippen LogP contribution is -2.66. The van der Waals surface area contributed by atoms with Gasteiger partial charge in [-0.25, -0.2) is 0 Å². The number of Topliss-reactive ketones (excluding diaryl/α,β-unsaturated/α-hetero) is 1. The van der Waals surface area contributed by atoms with Crippen molar-refractivity contribution in [1.29, 1.82) is 0 Å². The number of carbonyl (C=O) groups excluding carboxylic acids is 3. The lowest BCUT2D eigenvalue weighted by Gasteiger charge is -2.72. The minimum Gasteiger partial charge on any atom is -0.481 e. The molecule has 6 aliphatic carbocycles. The van der Waals surface area contributed by atoms with Crippen LogP contribution < -0.4 is 14.8 Å². The Morgan fingerprint density at radius 1 is 0.857 bits per heavy atom. The van der Waals surface area contributed by atoms with Crippen LogP contribution in [0.4, 0.5) is 0 Å². The Bertz CT molecular complexity index is 1880. The van der Waals surface area contributed by atoms with Gasteiger partial charge in [-0.1, -0.05) is 74.0 Å². The number of rotatable bonds is 8. The highest BCUT2D eigenvalue weighted by Crippen LogP contribution is 2.77. The molecule has 7 aliphatic rings. The van der Waals surface area contributed by atoms with Gasteiger partial charge in [-0.15, -0.1) is 0 Å². The van der Waals surface area contributed by atoms with Gasteiger partial charge in [-0.3, -0.25) is 19.2 Å². The van der Waals surface area contributed by atoms with E-state index < -0.39 is 22.7 Å². The molecule has 10 atom stereocenters. The number of ether oxygens (including phenoxy) is 3. The molecule has 1 heterocycles. The molecule has 1 amide bonds. The number of fused-ring (bicyclic) bond motifs is 8. The summed E-state index contributed by atoms with van der Waals surface area (Å²) >= 11 is 0. The number of carboxylic acids is 1. The Hall–Kier alpha value is -3.36. The summed E-state index contributed by atoms with van der Waals surface area (Å²) in [6.07, 6.45) is 8.86. The molecule has 0 saturated heterocycles. The summed E-state index contributed by atoms with van der Waals surface area (Å²) in [5.41, 5.74) is 2.12. The summed E-state index contributed by atoms with van der Waals surface area (Å²) in [6, 6.07) is 5.77. The Kier molecular flexibility index (Phi) is 9.21. The zero-order valence-electron chi connectivity index (χ0n) is 35.3. The fraction of sp³-hybridized carbons (Fsp3) is 0.745. The molecule has 5 saturated carbocycles. The van der Waals surface area contributed by atoms with Gasteiger partial charge in [-0.2, -0.15) is 0 Å². The van der Waals surface area contributed by atoms with Crippen LogP contribution in [0, 0.1) is 68.0 Å². The third-order valence-electron chi connectivity index (χ3n) is 18.0. The van der Waals surface area contributed by atoms with E-state index in [2.05, 4.69) is 53.8 Å². The molecule has 0 spiro atoms.